The molecule has 4 nitrogen and oxygen atoms in total. The average molecular weight is 439 g/mol. The topological polar surface area (TPSA) is 40.6 Å². The molecule has 1 saturated heterocycles. The van der Waals surface area contributed by atoms with E-state index in [2.05, 4.69) is 11.8 Å². The van der Waals surface area contributed by atoms with Crippen LogP contribution in [0.25, 0.3) is 0 Å². The molecule has 1 fully saturated rings. The highest BCUT2D eigenvalue weighted by molar-refractivity contribution is 7.89. The van der Waals surface area contributed by atoms with E-state index in [1.807, 2.05) is 12.1 Å². The lowest BCUT2D eigenvalue weighted by atomic mass is 10.0. The van der Waals surface area contributed by atoms with Crippen LogP contribution in [0.5, 0.6) is 0 Å². The highest BCUT2D eigenvalue weighted by atomic mass is 35.5. The van der Waals surface area contributed by atoms with E-state index < -0.39 is 15.8 Å². The van der Waals surface area contributed by atoms with Crippen molar-refractivity contribution < 1.29 is 12.8 Å². The normalized spacial score (nSPS) is 18.3. The average Bonchev–Trinajstić information content (AvgIpc) is 2.70. The van der Waals surface area contributed by atoms with E-state index in [4.69, 9.17) is 11.6 Å². The molecular weight excluding hydrogens is 411 g/mol. The molecule has 29 heavy (non-hydrogen) atoms. The molecule has 1 unspecified atom stereocenters. The minimum atomic E-state index is -3.73. The Morgan fingerprint density at radius 1 is 1.10 bits per heavy atom. The summed E-state index contributed by atoms with van der Waals surface area (Å²) in [6, 6.07) is 12.8. The van der Waals surface area contributed by atoms with Crippen molar-refractivity contribution in [2.45, 2.75) is 50.1 Å². The van der Waals surface area contributed by atoms with Crippen LogP contribution in [0.4, 0.5) is 4.39 Å². The van der Waals surface area contributed by atoms with Crippen molar-refractivity contribution >= 4 is 21.6 Å². The quantitative estimate of drug-likeness (QED) is 0.586. The summed E-state index contributed by atoms with van der Waals surface area (Å²) in [7, 11) is -3.73. The molecule has 1 heterocycles. The highest BCUT2D eigenvalue weighted by Gasteiger charge is 2.25. The van der Waals surface area contributed by atoms with Crippen LogP contribution in [0.1, 0.15) is 38.2 Å². The van der Waals surface area contributed by atoms with Gasteiger partial charge in [-0.1, -0.05) is 30.2 Å². The Bertz CT molecular complexity index is 888. The summed E-state index contributed by atoms with van der Waals surface area (Å²) in [4.78, 5) is 2.55. The van der Waals surface area contributed by atoms with E-state index in [0.717, 1.165) is 25.1 Å². The van der Waals surface area contributed by atoms with Crippen LogP contribution in [-0.4, -0.2) is 43.3 Å². The molecule has 0 N–H and O–H groups in total. The Kier molecular flexibility index (Phi) is 7.68. The summed E-state index contributed by atoms with van der Waals surface area (Å²) < 4.78 is 41.2. The van der Waals surface area contributed by atoms with Crippen molar-refractivity contribution in [2.75, 3.05) is 19.6 Å². The van der Waals surface area contributed by atoms with Crippen LogP contribution >= 0.6 is 11.6 Å². The van der Waals surface area contributed by atoms with Gasteiger partial charge in [-0.3, -0.25) is 0 Å². The first-order chi connectivity index (χ1) is 13.9. The van der Waals surface area contributed by atoms with Gasteiger partial charge in [-0.2, -0.15) is 4.31 Å². The Morgan fingerprint density at radius 2 is 1.79 bits per heavy atom. The predicted molar refractivity (Wildman–Crippen MR) is 115 cm³/mol. The predicted octanol–water partition coefficient (Wildman–Crippen LogP) is 4.93. The fourth-order valence-corrected chi connectivity index (χ4v) is 5.37. The first-order valence-electron chi connectivity index (χ1n) is 10.1. The van der Waals surface area contributed by atoms with E-state index in [9.17, 15) is 12.8 Å². The molecule has 1 atom stereocenters. The van der Waals surface area contributed by atoms with Crippen LogP contribution < -0.4 is 0 Å². The summed E-state index contributed by atoms with van der Waals surface area (Å²) in [6.07, 6.45) is 4.41. The maximum absolute atomic E-state index is 13.3. The van der Waals surface area contributed by atoms with Crippen LogP contribution in [0.3, 0.4) is 0 Å². The van der Waals surface area contributed by atoms with Gasteiger partial charge in [0, 0.05) is 24.2 Å². The number of hydrogen-bond acceptors (Lipinski definition) is 3. The Morgan fingerprint density at radius 3 is 2.45 bits per heavy atom. The second-order valence-corrected chi connectivity index (χ2v) is 10.0. The molecule has 1 aliphatic heterocycles. The molecule has 0 aromatic heterocycles. The zero-order valence-corrected chi connectivity index (χ0v) is 18.3. The molecule has 0 bridgehead atoms. The van der Waals surface area contributed by atoms with E-state index >= 15 is 0 Å². The minimum Gasteiger partial charge on any atom is -0.301 e. The van der Waals surface area contributed by atoms with Gasteiger partial charge in [-0.15, -0.1) is 0 Å². The lowest BCUT2D eigenvalue weighted by molar-refractivity contribution is 0.155. The van der Waals surface area contributed by atoms with Gasteiger partial charge in [0.2, 0.25) is 10.0 Å². The molecule has 158 valence electrons. The number of likely N-dealkylation sites (tertiary alicyclic amines) is 1. The third-order valence-electron chi connectivity index (χ3n) is 5.52. The summed E-state index contributed by atoms with van der Waals surface area (Å²) in [5.74, 6) is -0.452. The van der Waals surface area contributed by atoms with E-state index in [-0.39, 0.29) is 11.4 Å². The largest absolute Gasteiger partial charge is 0.301 e. The molecule has 0 spiro atoms. The molecular formula is C22H28ClFN2O2S. The molecule has 0 saturated carbocycles. The molecule has 0 aliphatic carbocycles. The van der Waals surface area contributed by atoms with Gasteiger partial charge >= 0.3 is 0 Å². The number of piperidine rings is 1. The van der Waals surface area contributed by atoms with Crippen molar-refractivity contribution in [1.29, 1.82) is 0 Å². The highest BCUT2D eigenvalue weighted by Crippen LogP contribution is 2.21. The van der Waals surface area contributed by atoms with Crippen molar-refractivity contribution in [3.05, 3.63) is 64.9 Å². The van der Waals surface area contributed by atoms with E-state index in [1.165, 1.54) is 47.8 Å². The third kappa shape index (κ3) is 6.01. The second kappa shape index (κ2) is 10.0. The van der Waals surface area contributed by atoms with Gasteiger partial charge in [-0.25, -0.2) is 12.8 Å². The first-order valence-corrected chi connectivity index (χ1v) is 11.9. The maximum Gasteiger partial charge on any atom is 0.243 e. The van der Waals surface area contributed by atoms with Crippen LogP contribution in [0.2, 0.25) is 5.02 Å². The monoisotopic (exact) mass is 438 g/mol. The molecule has 1 aliphatic rings. The van der Waals surface area contributed by atoms with Crippen molar-refractivity contribution in [3.8, 4) is 0 Å². The molecule has 0 amide bonds. The van der Waals surface area contributed by atoms with Gasteiger partial charge in [0.05, 0.1) is 4.90 Å². The smallest absolute Gasteiger partial charge is 0.243 e. The van der Waals surface area contributed by atoms with Crippen LogP contribution in [-0.2, 0) is 16.6 Å². The van der Waals surface area contributed by atoms with Crippen LogP contribution in [0, 0.1) is 5.82 Å². The summed E-state index contributed by atoms with van der Waals surface area (Å²) >= 11 is 5.96. The number of hydrogen-bond donors (Lipinski definition) is 0. The zero-order valence-electron chi connectivity index (χ0n) is 16.7. The number of rotatable bonds is 8. The Labute approximate surface area is 178 Å². The Hall–Kier alpha value is -1.47. The van der Waals surface area contributed by atoms with Gasteiger partial charge in [0.15, 0.2) is 0 Å². The maximum atomic E-state index is 13.3. The SMILES string of the molecule is CC1CCCCN1CCCN(Cc1ccc(Cl)cc1)S(=O)(=O)c1ccc(F)cc1. The van der Waals surface area contributed by atoms with Gasteiger partial charge < -0.3 is 4.90 Å². The number of sulfonamides is 1. The number of halogens is 2. The van der Waals surface area contributed by atoms with Gasteiger partial charge in [0.1, 0.15) is 5.82 Å². The fraction of sp³-hybridized carbons (Fsp3) is 0.455. The molecule has 3 rings (SSSR count). The minimum absolute atomic E-state index is 0.110. The number of nitrogens with zero attached hydrogens (tertiary/aromatic N) is 2. The lowest BCUT2D eigenvalue weighted by Crippen LogP contribution is -2.40. The molecule has 2 aromatic carbocycles. The molecule has 7 heteroatoms. The fourth-order valence-electron chi connectivity index (χ4n) is 3.77. The standard InChI is InChI=1S/C22H28ClFN2O2S/c1-18-5-2-3-14-25(18)15-4-16-26(17-19-6-8-20(23)9-7-19)29(27,28)22-12-10-21(24)11-13-22/h6-13,18H,2-5,14-17H2,1H3. The first kappa shape index (κ1) is 22.2. The van der Waals surface area contributed by atoms with E-state index in [0.29, 0.717) is 17.6 Å². The summed E-state index contributed by atoms with van der Waals surface area (Å²) in [6.45, 7) is 4.85. The number of benzene rings is 2. The Balaban J connectivity index is 1.75. The summed E-state index contributed by atoms with van der Waals surface area (Å²) in [5, 5.41) is 0.612. The van der Waals surface area contributed by atoms with Gasteiger partial charge in [0.25, 0.3) is 0 Å². The van der Waals surface area contributed by atoms with Crippen molar-refractivity contribution in [3.63, 3.8) is 0 Å². The summed E-state index contributed by atoms with van der Waals surface area (Å²) in [5.41, 5.74) is 0.867. The lowest BCUT2D eigenvalue weighted by Gasteiger charge is -2.34. The molecule has 0 radical (unpaired) electrons. The second-order valence-electron chi connectivity index (χ2n) is 7.65. The third-order valence-corrected chi connectivity index (χ3v) is 7.63. The zero-order chi connectivity index (χ0) is 20.9. The van der Waals surface area contributed by atoms with Crippen LogP contribution in [0.15, 0.2) is 53.4 Å². The van der Waals surface area contributed by atoms with Crippen molar-refractivity contribution in [1.82, 2.24) is 9.21 Å². The van der Waals surface area contributed by atoms with E-state index in [1.54, 1.807) is 12.1 Å². The molecule has 2 aromatic rings. The van der Waals surface area contributed by atoms with Crippen molar-refractivity contribution in [2.24, 2.45) is 0 Å². The van der Waals surface area contributed by atoms with Gasteiger partial charge in [-0.05, 0) is 81.2 Å².